The molecule has 7 rings (SSSR count). The summed E-state index contributed by atoms with van der Waals surface area (Å²) in [5.74, 6) is 0.411. The van der Waals surface area contributed by atoms with Gasteiger partial charge in [0.1, 0.15) is 17.5 Å². The van der Waals surface area contributed by atoms with Crippen molar-refractivity contribution < 1.29 is 30.5 Å². The summed E-state index contributed by atoms with van der Waals surface area (Å²) in [6, 6.07) is 10.5. The van der Waals surface area contributed by atoms with E-state index in [1.54, 1.807) is 38.1 Å². The van der Waals surface area contributed by atoms with Gasteiger partial charge in [0.15, 0.2) is 5.65 Å². The molecule has 1 saturated heterocycles. The molecule has 2 atom stereocenters. The van der Waals surface area contributed by atoms with Gasteiger partial charge in [0.2, 0.25) is 5.95 Å². The lowest BCUT2D eigenvalue weighted by atomic mass is 10.0. The van der Waals surface area contributed by atoms with E-state index in [-0.39, 0.29) is 39.5 Å². The van der Waals surface area contributed by atoms with Gasteiger partial charge in [-0.2, -0.15) is 13.2 Å². The number of nitrogens with one attached hydrogen (secondary N) is 1. The molecule has 0 amide bonds. The van der Waals surface area contributed by atoms with Crippen molar-refractivity contribution in [3.8, 4) is 22.5 Å². The van der Waals surface area contributed by atoms with E-state index in [2.05, 4.69) is 25.4 Å². The number of hydrogen-bond acceptors (Lipinski definition) is 9. The molecule has 1 saturated carbocycles. The van der Waals surface area contributed by atoms with E-state index in [1.165, 1.54) is 18.2 Å². The second-order valence-electron chi connectivity index (χ2n) is 11.7. The van der Waals surface area contributed by atoms with Crippen molar-refractivity contribution in [3.63, 3.8) is 0 Å². The fourth-order valence-electron chi connectivity index (χ4n) is 6.44. The van der Waals surface area contributed by atoms with Crippen molar-refractivity contribution in [2.75, 3.05) is 18.4 Å². The molecule has 1 aromatic carbocycles. The van der Waals surface area contributed by atoms with Crippen LogP contribution in [0.5, 0.6) is 0 Å². The van der Waals surface area contributed by atoms with E-state index < -0.39 is 33.6 Å². The summed E-state index contributed by atoms with van der Waals surface area (Å²) in [6.45, 7) is 4.03. The molecule has 5 heterocycles. The molecule has 0 spiro atoms. The van der Waals surface area contributed by atoms with Gasteiger partial charge in [0, 0.05) is 48.5 Å². The Bertz CT molecular complexity index is 2020. The van der Waals surface area contributed by atoms with Crippen LogP contribution in [0.25, 0.3) is 33.5 Å². The summed E-state index contributed by atoms with van der Waals surface area (Å²) in [4.78, 5) is 14.9. The first kappa shape index (κ1) is 30.3. The van der Waals surface area contributed by atoms with Crippen LogP contribution in [0.3, 0.4) is 0 Å². The van der Waals surface area contributed by atoms with Crippen molar-refractivity contribution in [1.29, 1.82) is 0 Å². The molecule has 5 aromatic rings. The lowest BCUT2D eigenvalue weighted by molar-refractivity contribution is -0.137. The highest BCUT2D eigenvalue weighted by Gasteiger charge is 2.40. The number of alkyl halides is 4. The Kier molecular flexibility index (Phi) is 7.35. The number of aryl methyl sites for hydroxylation is 2. The van der Waals surface area contributed by atoms with Gasteiger partial charge < -0.3 is 9.84 Å². The summed E-state index contributed by atoms with van der Waals surface area (Å²) in [5, 5.41) is 7.27. The molecular formula is C31H29F4N7O3S. The van der Waals surface area contributed by atoms with Crippen molar-refractivity contribution in [2.24, 2.45) is 0 Å². The van der Waals surface area contributed by atoms with E-state index in [9.17, 15) is 26.0 Å². The molecule has 10 nitrogen and oxygen atoms in total. The lowest BCUT2D eigenvalue weighted by Crippen LogP contribution is -2.57. The van der Waals surface area contributed by atoms with E-state index in [0.717, 1.165) is 29.4 Å². The minimum absolute atomic E-state index is 0.00576. The number of pyridine rings is 1. The van der Waals surface area contributed by atoms with Gasteiger partial charge in [-0.05, 0) is 57.4 Å². The first-order valence-electron chi connectivity index (χ1n) is 14.8. The third-order valence-corrected chi connectivity index (χ3v) is 10.4. The third-order valence-electron chi connectivity index (χ3n) is 8.69. The second kappa shape index (κ2) is 11.2. The Balaban J connectivity index is 1.40. The van der Waals surface area contributed by atoms with Crippen molar-refractivity contribution in [1.82, 2.24) is 29.0 Å². The van der Waals surface area contributed by atoms with Crippen LogP contribution in [-0.2, 0) is 16.2 Å². The minimum atomic E-state index is -4.85. The van der Waals surface area contributed by atoms with Crippen LogP contribution in [0.4, 0.5) is 23.5 Å². The Morgan fingerprint density at radius 1 is 1.02 bits per heavy atom. The zero-order valence-corrected chi connectivity index (χ0v) is 25.6. The number of likely N-dealkylation sites (tertiary alicyclic amines) is 1. The Morgan fingerprint density at radius 2 is 1.78 bits per heavy atom. The van der Waals surface area contributed by atoms with Crippen LogP contribution < -0.4 is 5.32 Å². The van der Waals surface area contributed by atoms with Gasteiger partial charge in [-0.3, -0.25) is 4.90 Å². The summed E-state index contributed by atoms with van der Waals surface area (Å²) >= 11 is 0. The number of hydrogen-bond donors (Lipinski definition) is 1. The topological polar surface area (TPSA) is 119 Å². The van der Waals surface area contributed by atoms with Gasteiger partial charge >= 0.3 is 6.18 Å². The number of nitrogens with zero attached hydrogens (tertiary/aromatic N) is 6. The largest absolute Gasteiger partial charge is 0.419 e. The van der Waals surface area contributed by atoms with Gasteiger partial charge in [-0.1, -0.05) is 23.4 Å². The van der Waals surface area contributed by atoms with Crippen molar-refractivity contribution >= 4 is 27.0 Å². The van der Waals surface area contributed by atoms with Crippen molar-refractivity contribution in [2.45, 2.75) is 62.4 Å². The average molecular weight is 656 g/mol. The summed E-state index contributed by atoms with van der Waals surface area (Å²) in [7, 11) is -4.31. The van der Waals surface area contributed by atoms with Gasteiger partial charge in [-0.25, -0.2) is 31.7 Å². The predicted octanol–water partition coefficient (Wildman–Crippen LogP) is 6.01. The van der Waals surface area contributed by atoms with Gasteiger partial charge in [-0.15, -0.1) is 0 Å². The maximum atomic E-state index is 14.5. The standard InChI is InChI=1S/C31H29F4N7O3S/c1-17-27(18(2)45-40-17)25-12-11-21-22(16-42(29(21)37-25)46(43,44)20-7-4-3-5-8-20)28-23(31(33,34)35)13-36-30(39-28)38-24-9-6-10-26(24)41-14-19(32)15-41/h3-5,7-8,11-13,16,19,24,26H,6,9-10,14-15H2,1-2H3,(H,36,38,39)/t24-,26+/m0/s1. The third kappa shape index (κ3) is 5.20. The molecule has 15 heteroatoms. The van der Waals surface area contributed by atoms with Crippen LogP contribution in [0.15, 0.2) is 64.3 Å². The first-order valence-corrected chi connectivity index (χ1v) is 16.2. The van der Waals surface area contributed by atoms with Crippen LogP contribution in [0.2, 0.25) is 0 Å². The average Bonchev–Trinajstić information content (AvgIpc) is 3.72. The zero-order valence-electron chi connectivity index (χ0n) is 24.8. The highest BCUT2D eigenvalue weighted by Crippen LogP contribution is 2.41. The molecule has 46 heavy (non-hydrogen) atoms. The first-order chi connectivity index (χ1) is 21.9. The van der Waals surface area contributed by atoms with Crippen LogP contribution in [-0.4, -0.2) is 68.7 Å². The predicted molar refractivity (Wildman–Crippen MR) is 161 cm³/mol. The number of benzene rings is 1. The quantitative estimate of drug-likeness (QED) is 0.210. The van der Waals surface area contributed by atoms with Crippen LogP contribution >= 0.6 is 0 Å². The molecule has 240 valence electrons. The summed E-state index contributed by atoms with van der Waals surface area (Å²) in [5.41, 5.74) is -0.396. The van der Waals surface area contributed by atoms with Gasteiger partial charge in [0.05, 0.1) is 27.5 Å². The minimum Gasteiger partial charge on any atom is -0.361 e. The molecule has 2 aliphatic rings. The Morgan fingerprint density at radius 3 is 2.46 bits per heavy atom. The molecule has 0 radical (unpaired) electrons. The van der Waals surface area contributed by atoms with E-state index in [4.69, 9.17) is 4.52 Å². The highest BCUT2D eigenvalue weighted by atomic mass is 32.2. The molecule has 4 aromatic heterocycles. The van der Waals surface area contributed by atoms with Crippen molar-refractivity contribution in [3.05, 3.63) is 71.9 Å². The molecule has 1 aliphatic heterocycles. The normalized spacial score (nSPS) is 19.5. The molecule has 1 N–H and O–H groups in total. The maximum Gasteiger partial charge on any atom is 0.419 e. The molecule has 1 aliphatic carbocycles. The lowest BCUT2D eigenvalue weighted by Gasteiger charge is -2.41. The van der Waals surface area contributed by atoms with Crippen LogP contribution in [0.1, 0.15) is 36.3 Å². The SMILES string of the molecule is Cc1noc(C)c1-c1ccc2c(-c3nc(N[C@H]4CCC[C@H]4N4CC(F)C4)ncc3C(F)(F)F)cn(S(=O)(=O)c3ccccc3)c2n1. The smallest absolute Gasteiger partial charge is 0.361 e. The van der Waals surface area contributed by atoms with Gasteiger partial charge in [0.25, 0.3) is 10.0 Å². The maximum absolute atomic E-state index is 14.5. The Labute approximate surface area is 261 Å². The van der Waals surface area contributed by atoms with E-state index >= 15 is 0 Å². The number of fused-ring (bicyclic) bond motifs is 1. The summed E-state index contributed by atoms with van der Waals surface area (Å²) in [6.07, 6.45) is -1.50. The highest BCUT2D eigenvalue weighted by molar-refractivity contribution is 7.90. The Hall–Kier alpha value is -4.37. The fourth-order valence-corrected chi connectivity index (χ4v) is 7.78. The zero-order chi connectivity index (χ0) is 32.4. The monoisotopic (exact) mass is 655 g/mol. The fraction of sp³-hybridized carbons (Fsp3) is 0.355. The molecular weight excluding hydrogens is 626 g/mol. The number of anilines is 1. The number of rotatable bonds is 7. The van der Waals surface area contributed by atoms with Crippen LogP contribution in [0, 0.1) is 13.8 Å². The summed E-state index contributed by atoms with van der Waals surface area (Å²) < 4.78 is 91.1. The molecule has 0 bridgehead atoms. The number of halogens is 4. The molecule has 0 unspecified atom stereocenters. The molecule has 2 fully saturated rings. The van der Waals surface area contributed by atoms with E-state index in [0.29, 0.717) is 42.0 Å². The second-order valence-corrected chi connectivity index (χ2v) is 13.5. The number of aromatic nitrogens is 5. The van der Waals surface area contributed by atoms with E-state index in [1.807, 2.05) is 4.90 Å².